The van der Waals surface area contributed by atoms with E-state index >= 15 is 0 Å². The average Bonchev–Trinajstić information content (AvgIpc) is 2.48. The molecule has 20 heavy (non-hydrogen) atoms. The summed E-state index contributed by atoms with van der Waals surface area (Å²) < 4.78 is 10.3. The molecule has 1 aliphatic heterocycles. The molecule has 0 aromatic heterocycles. The maximum atomic E-state index is 12.0. The molecule has 1 aromatic rings. The molecule has 0 spiro atoms. The van der Waals surface area contributed by atoms with Crippen molar-refractivity contribution >= 4 is 11.7 Å². The van der Waals surface area contributed by atoms with Crippen LogP contribution < -0.4 is 10.1 Å². The number of aliphatic hydroxyl groups is 1. The van der Waals surface area contributed by atoms with Crippen LogP contribution >= 0.6 is 0 Å². The molecular formula is C15H19NO4. The SMILES string of the molecule is C/C=C1/CNc2ccc(OC)cc2C(=O)OCC(O)C1. The van der Waals surface area contributed by atoms with Gasteiger partial charge in [0.2, 0.25) is 0 Å². The Balaban J connectivity index is 2.33. The van der Waals surface area contributed by atoms with E-state index in [9.17, 15) is 9.90 Å². The van der Waals surface area contributed by atoms with Gasteiger partial charge < -0.3 is 19.9 Å². The molecule has 1 unspecified atom stereocenters. The molecule has 0 bridgehead atoms. The van der Waals surface area contributed by atoms with Crippen LogP contribution in [0.2, 0.25) is 0 Å². The quantitative estimate of drug-likeness (QED) is 0.607. The minimum atomic E-state index is -0.681. The number of aliphatic hydroxyl groups excluding tert-OH is 1. The number of hydrogen-bond donors (Lipinski definition) is 2. The first-order valence-corrected chi connectivity index (χ1v) is 6.55. The van der Waals surface area contributed by atoms with Crippen LogP contribution in [0.15, 0.2) is 29.8 Å². The van der Waals surface area contributed by atoms with E-state index in [-0.39, 0.29) is 6.61 Å². The first kappa shape index (κ1) is 14.4. The van der Waals surface area contributed by atoms with Crippen molar-refractivity contribution in [3.05, 3.63) is 35.4 Å². The minimum absolute atomic E-state index is 0.00712. The number of allylic oxidation sites excluding steroid dienone is 1. The summed E-state index contributed by atoms with van der Waals surface area (Å²) in [6, 6.07) is 5.21. The van der Waals surface area contributed by atoms with Gasteiger partial charge in [-0.05, 0) is 31.5 Å². The summed E-state index contributed by atoms with van der Waals surface area (Å²) in [5.41, 5.74) is 2.18. The third-order valence-electron chi connectivity index (χ3n) is 3.27. The molecule has 2 N–H and O–H groups in total. The van der Waals surface area contributed by atoms with Crippen molar-refractivity contribution in [2.75, 3.05) is 25.6 Å². The third-order valence-corrected chi connectivity index (χ3v) is 3.27. The predicted molar refractivity (Wildman–Crippen MR) is 76.1 cm³/mol. The van der Waals surface area contributed by atoms with Gasteiger partial charge in [-0.15, -0.1) is 0 Å². The van der Waals surface area contributed by atoms with Gasteiger partial charge in [-0.2, -0.15) is 0 Å². The van der Waals surface area contributed by atoms with Crippen LogP contribution in [0.5, 0.6) is 5.75 Å². The summed E-state index contributed by atoms with van der Waals surface area (Å²) in [6.07, 6.45) is 1.77. The summed E-state index contributed by atoms with van der Waals surface area (Å²) in [5.74, 6) is 0.126. The minimum Gasteiger partial charge on any atom is -0.497 e. The smallest absolute Gasteiger partial charge is 0.340 e. The lowest BCUT2D eigenvalue weighted by Gasteiger charge is -2.19. The van der Waals surface area contributed by atoms with Crippen molar-refractivity contribution in [3.63, 3.8) is 0 Å². The number of carbonyl (C=O) groups is 1. The lowest BCUT2D eigenvalue weighted by Crippen LogP contribution is -2.23. The highest BCUT2D eigenvalue weighted by atomic mass is 16.5. The number of ether oxygens (including phenoxy) is 2. The normalized spacial score (nSPS) is 21.6. The second-order valence-corrected chi connectivity index (χ2v) is 4.67. The van der Waals surface area contributed by atoms with Crippen molar-refractivity contribution in [1.29, 1.82) is 0 Å². The first-order chi connectivity index (χ1) is 9.63. The van der Waals surface area contributed by atoms with Gasteiger partial charge in [-0.1, -0.05) is 11.6 Å². The fourth-order valence-electron chi connectivity index (χ4n) is 2.09. The molecule has 0 radical (unpaired) electrons. The summed E-state index contributed by atoms with van der Waals surface area (Å²) in [4.78, 5) is 12.0. The Morgan fingerprint density at radius 3 is 3.00 bits per heavy atom. The molecule has 5 nitrogen and oxygen atoms in total. The van der Waals surface area contributed by atoms with Crippen molar-refractivity contribution in [2.24, 2.45) is 0 Å². The molecule has 0 fully saturated rings. The molecule has 5 heteroatoms. The summed E-state index contributed by atoms with van der Waals surface area (Å²) >= 11 is 0. The van der Waals surface area contributed by atoms with Crippen molar-refractivity contribution < 1.29 is 19.4 Å². The lowest BCUT2D eigenvalue weighted by molar-refractivity contribution is 0.0257. The summed E-state index contributed by atoms with van der Waals surface area (Å²) in [6.45, 7) is 2.50. The highest BCUT2D eigenvalue weighted by molar-refractivity contribution is 5.96. The second-order valence-electron chi connectivity index (χ2n) is 4.67. The van der Waals surface area contributed by atoms with E-state index in [2.05, 4.69) is 5.32 Å². The predicted octanol–water partition coefficient (Wildman–Crippen LogP) is 1.97. The van der Waals surface area contributed by atoms with E-state index in [0.717, 1.165) is 5.57 Å². The Bertz CT molecular complexity index is 525. The van der Waals surface area contributed by atoms with Crippen LogP contribution in [-0.2, 0) is 4.74 Å². The zero-order chi connectivity index (χ0) is 14.5. The number of rotatable bonds is 1. The maximum absolute atomic E-state index is 12.0. The largest absolute Gasteiger partial charge is 0.497 e. The standard InChI is InChI=1S/C15H19NO4/c1-3-10-6-11(17)9-20-15(18)13-7-12(19-2)4-5-14(13)16-8-10/h3-5,7,11,16-17H,6,8-9H2,1-2H3/b10-3+. The number of benzene rings is 1. The summed E-state index contributed by atoms with van der Waals surface area (Å²) in [5, 5.41) is 13.0. The Morgan fingerprint density at radius 2 is 2.30 bits per heavy atom. The number of carbonyl (C=O) groups excluding carboxylic acids is 1. The fourth-order valence-corrected chi connectivity index (χ4v) is 2.09. The van der Waals surface area contributed by atoms with Gasteiger partial charge in [-0.25, -0.2) is 4.79 Å². The van der Waals surface area contributed by atoms with Gasteiger partial charge in [-0.3, -0.25) is 0 Å². The van der Waals surface area contributed by atoms with Gasteiger partial charge in [0.15, 0.2) is 0 Å². The van der Waals surface area contributed by atoms with Crippen molar-refractivity contribution in [2.45, 2.75) is 19.4 Å². The number of cyclic esters (lactones) is 1. The monoisotopic (exact) mass is 277 g/mol. The van der Waals surface area contributed by atoms with E-state index in [4.69, 9.17) is 9.47 Å². The van der Waals surface area contributed by atoms with Crippen LogP contribution in [0, 0.1) is 0 Å². The number of methoxy groups -OCH3 is 1. The van der Waals surface area contributed by atoms with Crippen molar-refractivity contribution in [3.8, 4) is 5.75 Å². The Kier molecular flexibility index (Phi) is 4.63. The van der Waals surface area contributed by atoms with Crippen LogP contribution in [0.3, 0.4) is 0 Å². The van der Waals surface area contributed by atoms with Gasteiger partial charge in [0.1, 0.15) is 12.4 Å². The number of nitrogens with one attached hydrogen (secondary N) is 1. The molecule has 1 aliphatic rings. The molecule has 1 aromatic carbocycles. The molecular weight excluding hydrogens is 258 g/mol. The molecule has 0 saturated carbocycles. The Hall–Kier alpha value is -2.01. The molecule has 1 atom stereocenters. The highest BCUT2D eigenvalue weighted by Gasteiger charge is 2.19. The van der Waals surface area contributed by atoms with Gasteiger partial charge in [0.05, 0.1) is 18.8 Å². The average molecular weight is 277 g/mol. The second kappa shape index (κ2) is 6.43. The maximum Gasteiger partial charge on any atom is 0.340 e. The fraction of sp³-hybridized carbons (Fsp3) is 0.400. The number of anilines is 1. The number of hydrogen-bond acceptors (Lipinski definition) is 5. The molecule has 0 saturated heterocycles. The van der Waals surface area contributed by atoms with Crippen LogP contribution in [0.1, 0.15) is 23.7 Å². The van der Waals surface area contributed by atoms with Gasteiger partial charge in [0, 0.05) is 12.2 Å². The Morgan fingerprint density at radius 1 is 1.50 bits per heavy atom. The summed E-state index contributed by atoms with van der Waals surface area (Å²) in [7, 11) is 1.54. The molecule has 0 aliphatic carbocycles. The first-order valence-electron chi connectivity index (χ1n) is 6.55. The van der Waals surface area contributed by atoms with E-state index in [0.29, 0.717) is 30.0 Å². The number of esters is 1. The zero-order valence-corrected chi connectivity index (χ0v) is 11.7. The lowest BCUT2D eigenvalue weighted by atomic mass is 10.1. The zero-order valence-electron chi connectivity index (χ0n) is 11.7. The number of fused-ring (bicyclic) bond motifs is 1. The van der Waals surface area contributed by atoms with E-state index < -0.39 is 12.1 Å². The van der Waals surface area contributed by atoms with Gasteiger partial charge in [0.25, 0.3) is 0 Å². The van der Waals surface area contributed by atoms with Crippen molar-refractivity contribution in [1.82, 2.24) is 0 Å². The van der Waals surface area contributed by atoms with E-state index in [1.807, 2.05) is 13.0 Å². The van der Waals surface area contributed by atoms with Crippen LogP contribution in [-0.4, -0.2) is 37.4 Å². The third kappa shape index (κ3) is 3.30. The van der Waals surface area contributed by atoms with E-state index in [1.54, 1.807) is 25.3 Å². The van der Waals surface area contributed by atoms with E-state index in [1.165, 1.54) is 0 Å². The molecule has 2 rings (SSSR count). The van der Waals surface area contributed by atoms with Gasteiger partial charge >= 0.3 is 5.97 Å². The Labute approximate surface area is 118 Å². The topological polar surface area (TPSA) is 67.8 Å². The molecule has 0 amide bonds. The van der Waals surface area contributed by atoms with Crippen LogP contribution in [0.25, 0.3) is 0 Å². The highest BCUT2D eigenvalue weighted by Crippen LogP contribution is 2.24. The molecule has 1 heterocycles. The molecule has 108 valence electrons. The van der Waals surface area contributed by atoms with Crippen LogP contribution in [0.4, 0.5) is 5.69 Å².